The lowest BCUT2D eigenvalue weighted by atomic mass is 10.3. The fourth-order valence-corrected chi connectivity index (χ4v) is 2.95. The Kier molecular flexibility index (Phi) is 3.90. The molecule has 0 spiro atoms. The molecule has 0 amide bonds. The summed E-state index contributed by atoms with van der Waals surface area (Å²) in [4.78, 5) is 13.8. The van der Waals surface area contributed by atoms with Crippen molar-refractivity contribution in [1.29, 1.82) is 0 Å². The second-order valence-electron chi connectivity index (χ2n) is 5.74. The number of anilines is 4. The zero-order chi connectivity index (χ0) is 16.5. The lowest BCUT2D eigenvalue weighted by Gasteiger charge is -2.34. The Morgan fingerprint density at radius 2 is 1.04 bits per heavy atom. The van der Waals surface area contributed by atoms with Gasteiger partial charge in [-0.15, -0.1) is 10.2 Å². The number of aromatic nitrogens is 4. The first-order chi connectivity index (χ1) is 11.7. The van der Waals surface area contributed by atoms with Gasteiger partial charge in [0.2, 0.25) is 0 Å². The molecule has 2 aliphatic heterocycles. The van der Waals surface area contributed by atoms with Crippen molar-refractivity contribution in [3.05, 3.63) is 0 Å². The van der Waals surface area contributed by atoms with Crippen LogP contribution in [0.2, 0.25) is 0 Å². The molecule has 24 heavy (non-hydrogen) atoms. The average Bonchev–Trinajstić information content (AvgIpc) is 2.65. The van der Waals surface area contributed by atoms with E-state index >= 15 is 0 Å². The van der Waals surface area contributed by atoms with E-state index in [0.29, 0.717) is 37.5 Å². The second kappa shape index (κ2) is 6.21. The molecule has 4 heterocycles. The lowest BCUT2D eigenvalue weighted by Crippen LogP contribution is -2.41. The zero-order valence-electron chi connectivity index (χ0n) is 13.3. The first-order valence-corrected chi connectivity index (χ1v) is 7.99. The predicted octanol–water partition coefficient (Wildman–Crippen LogP) is -0.743. The minimum Gasteiger partial charge on any atom is -0.380 e. The lowest BCUT2D eigenvalue weighted by molar-refractivity contribution is 0.120. The number of fused-ring (bicyclic) bond motifs is 1. The Hall–Kier alpha value is -2.46. The van der Waals surface area contributed by atoms with Gasteiger partial charge >= 0.3 is 0 Å². The molecule has 2 aliphatic rings. The molecule has 10 heteroatoms. The van der Waals surface area contributed by atoms with E-state index in [2.05, 4.69) is 20.0 Å². The number of nitrogens with zero attached hydrogens (tertiary/aromatic N) is 6. The molecule has 10 nitrogen and oxygen atoms in total. The van der Waals surface area contributed by atoms with Crippen LogP contribution < -0.4 is 21.3 Å². The van der Waals surface area contributed by atoms with E-state index in [9.17, 15) is 0 Å². The van der Waals surface area contributed by atoms with Gasteiger partial charge in [0.05, 0.1) is 26.4 Å². The molecule has 0 aromatic carbocycles. The van der Waals surface area contributed by atoms with E-state index in [1.807, 2.05) is 0 Å². The number of hydrogen-bond acceptors (Lipinski definition) is 10. The zero-order valence-corrected chi connectivity index (χ0v) is 13.3. The third-order valence-corrected chi connectivity index (χ3v) is 4.23. The van der Waals surface area contributed by atoms with E-state index in [4.69, 9.17) is 30.9 Å². The smallest absolute Gasteiger partial charge is 0.174 e. The molecular weight excluding hydrogens is 312 g/mol. The van der Waals surface area contributed by atoms with E-state index < -0.39 is 0 Å². The molecule has 2 aromatic heterocycles. The van der Waals surface area contributed by atoms with Gasteiger partial charge in [0.25, 0.3) is 0 Å². The number of hydrogen-bond donors (Lipinski definition) is 2. The highest BCUT2D eigenvalue weighted by atomic mass is 16.5. The number of ether oxygens (including phenoxy) is 2. The van der Waals surface area contributed by atoms with Crippen molar-refractivity contribution in [3.63, 3.8) is 0 Å². The normalized spacial score (nSPS) is 19.0. The van der Waals surface area contributed by atoms with Crippen LogP contribution in [0.1, 0.15) is 0 Å². The first kappa shape index (κ1) is 15.1. The molecule has 2 fully saturated rings. The summed E-state index contributed by atoms with van der Waals surface area (Å²) < 4.78 is 10.9. The summed E-state index contributed by atoms with van der Waals surface area (Å²) in [6.45, 7) is 5.67. The molecule has 0 aliphatic carbocycles. The van der Waals surface area contributed by atoms with Gasteiger partial charge in [-0.25, -0.2) is 9.97 Å². The Morgan fingerprint density at radius 3 is 1.42 bits per heavy atom. The SMILES string of the molecule is Nc1nnc(N)c2nc(N3CCOCC3)c(N3CCOCC3)nc12. The van der Waals surface area contributed by atoms with Crippen LogP contribution in [-0.2, 0) is 9.47 Å². The van der Waals surface area contributed by atoms with Crippen LogP contribution in [0.15, 0.2) is 0 Å². The highest BCUT2D eigenvalue weighted by Crippen LogP contribution is 2.31. The van der Waals surface area contributed by atoms with Crippen LogP contribution in [0.4, 0.5) is 23.3 Å². The van der Waals surface area contributed by atoms with Gasteiger partial charge in [-0.05, 0) is 0 Å². The molecule has 0 radical (unpaired) electrons. The summed E-state index contributed by atoms with van der Waals surface area (Å²) in [5.74, 6) is 2.03. The van der Waals surface area contributed by atoms with E-state index in [1.165, 1.54) is 0 Å². The molecule has 2 aromatic rings. The average molecular weight is 332 g/mol. The van der Waals surface area contributed by atoms with E-state index in [0.717, 1.165) is 37.8 Å². The van der Waals surface area contributed by atoms with Crippen molar-refractivity contribution in [3.8, 4) is 0 Å². The van der Waals surface area contributed by atoms with Crippen LogP contribution in [0.3, 0.4) is 0 Å². The number of nitrogens with two attached hydrogens (primary N) is 2. The number of nitrogen functional groups attached to an aromatic ring is 2. The van der Waals surface area contributed by atoms with Gasteiger partial charge in [0, 0.05) is 26.2 Å². The Morgan fingerprint density at radius 1 is 0.667 bits per heavy atom. The molecular formula is C14H20N8O2. The Balaban J connectivity index is 1.87. The summed E-state index contributed by atoms with van der Waals surface area (Å²) in [5, 5.41) is 7.72. The third-order valence-electron chi connectivity index (χ3n) is 4.23. The summed E-state index contributed by atoms with van der Waals surface area (Å²) in [6, 6.07) is 0. The van der Waals surface area contributed by atoms with Crippen LogP contribution in [-0.4, -0.2) is 72.8 Å². The minimum atomic E-state index is 0.231. The van der Waals surface area contributed by atoms with Gasteiger partial charge in [0.15, 0.2) is 23.3 Å². The molecule has 0 saturated carbocycles. The summed E-state index contributed by atoms with van der Waals surface area (Å²) in [5.41, 5.74) is 12.9. The van der Waals surface area contributed by atoms with Crippen molar-refractivity contribution >= 4 is 34.3 Å². The van der Waals surface area contributed by atoms with Crippen molar-refractivity contribution in [2.45, 2.75) is 0 Å². The molecule has 128 valence electrons. The van der Waals surface area contributed by atoms with Gasteiger partial charge < -0.3 is 30.7 Å². The minimum absolute atomic E-state index is 0.231. The van der Waals surface area contributed by atoms with Gasteiger partial charge in [0.1, 0.15) is 11.0 Å². The first-order valence-electron chi connectivity index (χ1n) is 7.99. The maximum Gasteiger partial charge on any atom is 0.174 e. The standard InChI is InChI=1S/C14H20N8O2/c15-11-9-10(12(16)20-19-11)18-14(22-3-7-24-8-4-22)13(17-9)21-1-5-23-6-2-21/h1-8H2,(H2,15,19)(H2,16,20). The Labute approximate surface area is 138 Å². The van der Waals surface area contributed by atoms with Crippen LogP contribution >= 0.6 is 0 Å². The molecule has 2 saturated heterocycles. The number of rotatable bonds is 2. The summed E-state index contributed by atoms with van der Waals surface area (Å²) in [7, 11) is 0. The van der Waals surface area contributed by atoms with Crippen LogP contribution in [0.5, 0.6) is 0 Å². The van der Waals surface area contributed by atoms with Crippen LogP contribution in [0, 0.1) is 0 Å². The highest BCUT2D eigenvalue weighted by molar-refractivity contribution is 5.93. The molecule has 4 N–H and O–H groups in total. The number of morpholine rings is 2. The third kappa shape index (κ3) is 2.63. The highest BCUT2D eigenvalue weighted by Gasteiger charge is 2.25. The molecule has 4 rings (SSSR count). The van der Waals surface area contributed by atoms with Crippen molar-refractivity contribution in [1.82, 2.24) is 20.2 Å². The topological polar surface area (TPSA) is 129 Å². The molecule has 0 atom stereocenters. The van der Waals surface area contributed by atoms with Crippen molar-refractivity contribution in [2.75, 3.05) is 73.9 Å². The fourth-order valence-electron chi connectivity index (χ4n) is 2.95. The fraction of sp³-hybridized carbons (Fsp3) is 0.571. The quantitative estimate of drug-likeness (QED) is 0.725. The maximum absolute atomic E-state index is 5.94. The summed E-state index contributed by atoms with van der Waals surface area (Å²) in [6.07, 6.45) is 0. The van der Waals surface area contributed by atoms with Crippen molar-refractivity contribution in [2.24, 2.45) is 0 Å². The predicted molar refractivity (Wildman–Crippen MR) is 90.0 cm³/mol. The van der Waals surface area contributed by atoms with Crippen molar-refractivity contribution < 1.29 is 9.47 Å². The van der Waals surface area contributed by atoms with Gasteiger partial charge in [-0.1, -0.05) is 0 Å². The largest absolute Gasteiger partial charge is 0.380 e. The monoisotopic (exact) mass is 332 g/mol. The van der Waals surface area contributed by atoms with Gasteiger partial charge in [-0.3, -0.25) is 0 Å². The van der Waals surface area contributed by atoms with E-state index in [1.54, 1.807) is 0 Å². The van der Waals surface area contributed by atoms with E-state index in [-0.39, 0.29) is 11.6 Å². The van der Waals surface area contributed by atoms with Crippen LogP contribution in [0.25, 0.3) is 11.0 Å². The molecule has 0 unspecified atom stereocenters. The summed E-state index contributed by atoms with van der Waals surface area (Å²) >= 11 is 0. The maximum atomic E-state index is 5.94. The second-order valence-corrected chi connectivity index (χ2v) is 5.74. The Bertz CT molecular complexity index is 681. The molecule has 0 bridgehead atoms. The van der Waals surface area contributed by atoms with Gasteiger partial charge in [-0.2, -0.15) is 0 Å².